The largest absolute Gasteiger partial charge is 0.496 e. The van der Waals surface area contributed by atoms with E-state index < -0.39 is 17.9 Å². The molecule has 0 aromatic heterocycles. The molecule has 0 bridgehead atoms. The lowest BCUT2D eigenvalue weighted by atomic mass is 9.94. The normalized spacial score (nSPS) is 15.4. The van der Waals surface area contributed by atoms with Crippen LogP contribution in [-0.4, -0.2) is 54.0 Å². The van der Waals surface area contributed by atoms with Gasteiger partial charge in [-0.3, -0.25) is 14.4 Å². The molecule has 0 aliphatic carbocycles. The molecule has 9 nitrogen and oxygen atoms in total. The number of fused-ring (bicyclic) bond motifs is 1. The highest BCUT2D eigenvalue weighted by Crippen LogP contribution is 2.43. The molecule has 1 aromatic rings. The average molecular weight is 502 g/mol. The second-order valence-corrected chi connectivity index (χ2v) is 9.31. The lowest BCUT2D eigenvalue weighted by molar-refractivity contribution is -0.137. The molecule has 196 valence electrons. The highest BCUT2D eigenvalue weighted by molar-refractivity contribution is 5.99. The van der Waals surface area contributed by atoms with Crippen LogP contribution < -0.4 is 9.47 Å². The van der Waals surface area contributed by atoms with E-state index in [1.54, 1.807) is 0 Å². The van der Waals surface area contributed by atoms with E-state index in [9.17, 15) is 19.2 Å². The van der Waals surface area contributed by atoms with Gasteiger partial charge >= 0.3 is 17.9 Å². The molecule has 3 rings (SSSR count). The highest BCUT2D eigenvalue weighted by Gasteiger charge is 2.34. The number of esters is 2. The van der Waals surface area contributed by atoms with Crippen LogP contribution in [0.4, 0.5) is 0 Å². The molecule has 0 spiro atoms. The number of carboxylic acid groups (broad SMARTS) is 1. The van der Waals surface area contributed by atoms with Gasteiger partial charge in [0, 0.05) is 43.5 Å². The number of methoxy groups -OCH3 is 1. The first-order chi connectivity index (χ1) is 17.2. The molecule has 0 saturated carbocycles. The molecule has 36 heavy (non-hydrogen) atoms. The molecule has 1 N–H and O–H groups in total. The quantitative estimate of drug-likeness (QED) is 0.273. The van der Waals surface area contributed by atoms with Crippen molar-refractivity contribution in [3.63, 3.8) is 0 Å². The number of cyclic esters (lactones) is 1. The predicted molar refractivity (Wildman–Crippen MR) is 131 cm³/mol. The maximum atomic E-state index is 12.8. The minimum atomic E-state index is -0.884. The van der Waals surface area contributed by atoms with Gasteiger partial charge < -0.3 is 24.2 Å². The Bertz CT molecular complexity index is 1050. The van der Waals surface area contributed by atoms with Crippen LogP contribution in [0.15, 0.2) is 11.6 Å². The van der Waals surface area contributed by atoms with Gasteiger partial charge in [0.1, 0.15) is 17.9 Å². The summed E-state index contributed by atoms with van der Waals surface area (Å²) in [5.41, 5.74) is 2.96. The molecule has 1 saturated heterocycles. The zero-order valence-electron chi connectivity index (χ0n) is 21.3. The van der Waals surface area contributed by atoms with Crippen molar-refractivity contribution < 1.29 is 38.5 Å². The number of hydrogen-bond acceptors (Lipinski definition) is 7. The molecule has 2 heterocycles. The third-order valence-corrected chi connectivity index (χ3v) is 6.71. The van der Waals surface area contributed by atoms with Gasteiger partial charge in [-0.05, 0) is 57.9 Å². The highest BCUT2D eigenvalue weighted by atomic mass is 16.6. The second-order valence-electron chi connectivity index (χ2n) is 9.31. The number of carboxylic acids is 1. The SMILES string of the molecule is COc1c(C)c2c(c(OC(=O)CCCC(=O)N3CCCCC3)c1C/C=C(\C)CCC(=O)O)C(=O)OC2. The maximum Gasteiger partial charge on any atom is 0.342 e. The van der Waals surface area contributed by atoms with Crippen LogP contribution in [0.5, 0.6) is 11.5 Å². The molecule has 0 unspecified atom stereocenters. The van der Waals surface area contributed by atoms with Crippen LogP contribution in [0, 0.1) is 6.92 Å². The van der Waals surface area contributed by atoms with Gasteiger partial charge in [-0.15, -0.1) is 0 Å². The Labute approximate surface area is 211 Å². The topological polar surface area (TPSA) is 119 Å². The number of ether oxygens (including phenoxy) is 3. The number of hydrogen-bond donors (Lipinski definition) is 1. The van der Waals surface area contributed by atoms with Crippen LogP contribution in [0.1, 0.15) is 85.3 Å². The molecular formula is C27H35NO8. The number of nitrogens with zero attached hydrogens (tertiary/aromatic N) is 1. The Balaban J connectivity index is 1.79. The van der Waals surface area contributed by atoms with Crippen LogP contribution in [-0.2, 0) is 32.1 Å². The maximum absolute atomic E-state index is 12.8. The van der Waals surface area contributed by atoms with Crippen LogP contribution in [0.25, 0.3) is 0 Å². The fourth-order valence-electron chi connectivity index (χ4n) is 4.66. The Morgan fingerprint density at radius 2 is 1.78 bits per heavy atom. The smallest absolute Gasteiger partial charge is 0.342 e. The van der Waals surface area contributed by atoms with Gasteiger partial charge in [0.25, 0.3) is 0 Å². The average Bonchev–Trinajstić information content (AvgIpc) is 3.25. The Hall–Kier alpha value is -3.36. The Kier molecular flexibility index (Phi) is 9.50. The van der Waals surface area contributed by atoms with Crippen molar-refractivity contribution in [2.75, 3.05) is 20.2 Å². The summed E-state index contributed by atoms with van der Waals surface area (Å²) in [6.07, 6.45) is 6.34. The van der Waals surface area contributed by atoms with Crippen molar-refractivity contribution in [3.8, 4) is 11.5 Å². The molecule has 2 aliphatic rings. The minimum absolute atomic E-state index is 0.00695. The number of benzene rings is 1. The fraction of sp³-hybridized carbons (Fsp3) is 0.556. The molecule has 2 aliphatic heterocycles. The van der Waals surface area contributed by atoms with Crippen molar-refractivity contribution in [2.24, 2.45) is 0 Å². The number of likely N-dealkylation sites (tertiary alicyclic amines) is 1. The van der Waals surface area contributed by atoms with E-state index in [0.717, 1.165) is 43.5 Å². The van der Waals surface area contributed by atoms with Gasteiger partial charge in [0.05, 0.1) is 7.11 Å². The Morgan fingerprint density at radius 1 is 1.06 bits per heavy atom. The molecule has 1 amide bonds. The zero-order valence-corrected chi connectivity index (χ0v) is 21.3. The molecule has 1 fully saturated rings. The summed E-state index contributed by atoms with van der Waals surface area (Å²) in [7, 11) is 1.51. The number of amides is 1. The van der Waals surface area contributed by atoms with E-state index in [4.69, 9.17) is 19.3 Å². The van der Waals surface area contributed by atoms with E-state index in [1.165, 1.54) is 7.11 Å². The van der Waals surface area contributed by atoms with Gasteiger partial charge in [-0.25, -0.2) is 4.79 Å². The first kappa shape index (κ1) is 27.2. The number of carbonyl (C=O) groups is 4. The summed E-state index contributed by atoms with van der Waals surface area (Å²) in [5, 5.41) is 8.94. The lowest BCUT2D eigenvalue weighted by Gasteiger charge is -2.26. The van der Waals surface area contributed by atoms with Gasteiger partial charge in [-0.2, -0.15) is 0 Å². The summed E-state index contributed by atoms with van der Waals surface area (Å²) in [6.45, 7) is 5.25. The van der Waals surface area contributed by atoms with Crippen molar-refractivity contribution in [3.05, 3.63) is 33.9 Å². The van der Waals surface area contributed by atoms with Crippen LogP contribution >= 0.6 is 0 Å². The van der Waals surface area contributed by atoms with E-state index in [2.05, 4.69) is 0 Å². The summed E-state index contributed by atoms with van der Waals surface area (Å²) in [6, 6.07) is 0. The third-order valence-electron chi connectivity index (χ3n) is 6.71. The second kappa shape index (κ2) is 12.6. The Morgan fingerprint density at radius 3 is 2.44 bits per heavy atom. The van der Waals surface area contributed by atoms with Crippen molar-refractivity contribution >= 4 is 23.8 Å². The van der Waals surface area contributed by atoms with E-state index in [0.29, 0.717) is 29.7 Å². The predicted octanol–water partition coefficient (Wildman–Crippen LogP) is 4.12. The van der Waals surface area contributed by atoms with Crippen molar-refractivity contribution in [1.29, 1.82) is 0 Å². The van der Waals surface area contributed by atoms with E-state index in [-0.39, 0.29) is 49.5 Å². The standard InChI is InChI=1S/C27H35NO8/c1-17(11-13-22(30)31)10-12-19-25(34-3)18(2)20-16-35-27(33)24(20)26(19)36-23(32)9-7-8-21(29)28-14-5-4-6-15-28/h10H,4-9,11-16H2,1-3H3,(H,30,31)/b17-10+. The fourth-order valence-corrected chi connectivity index (χ4v) is 4.66. The first-order valence-electron chi connectivity index (χ1n) is 12.5. The monoisotopic (exact) mass is 501 g/mol. The van der Waals surface area contributed by atoms with Crippen LogP contribution in [0.2, 0.25) is 0 Å². The third kappa shape index (κ3) is 6.65. The number of aliphatic carboxylic acids is 1. The molecule has 1 aromatic carbocycles. The summed E-state index contributed by atoms with van der Waals surface area (Å²) in [4.78, 5) is 50.5. The molecule has 9 heteroatoms. The van der Waals surface area contributed by atoms with Gasteiger partial charge in [0.15, 0.2) is 5.75 Å². The number of carbonyl (C=O) groups excluding carboxylic acids is 3. The van der Waals surface area contributed by atoms with Crippen molar-refractivity contribution in [1.82, 2.24) is 4.90 Å². The molecular weight excluding hydrogens is 466 g/mol. The molecule has 0 radical (unpaired) electrons. The number of piperidine rings is 1. The van der Waals surface area contributed by atoms with Crippen molar-refractivity contribution in [2.45, 2.75) is 78.2 Å². The minimum Gasteiger partial charge on any atom is -0.496 e. The first-order valence-corrected chi connectivity index (χ1v) is 12.5. The number of allylic oxidation sites excluding steroid dienone is 2. The summed E-state index contributed by atoms with van der Waals surface area (Å²) in [5.74, 6) is -1.33. The summed E-state index contributed by atoms with van der Waals surface area (Å²) >= 11 is 0. The van der Waals surface area contributed by atoms with E-state index in [1.807, 2.05) is 24.8 Å². The van der Waals surface area contributed by atoms with Gasteiger partial charge in [-0.1, -0.05) is 11.6 Å². The zero-order chi connectivity index (χ0) is 26.2. The molecule has 0 atom stereocenters. The van der Waals surface area contributed by atoms with Crippen LogP contribution in [0.3, 0.4) is 0 Å². The van der Waals surface area contributed by atoms with Gasteiger partial charge in [0.2, 0.25) is 5.91 Å². The summed E-state index contributed by atoms with van der Waals surface area (Å²) < 4.78 is 16.6. The van der Waals surface area contributed by atoms with E-state index >= 15 is 0 Å². The lowest BCUT2D eigenvalue weighted by Crippen LogP contribution is -2.35. The number of rotatable bonds is 11.